The van der Waals surface area contributed by atoms with Crippen LogP contribution < -0.4 is 10.6 Å². The number of amides is 1. The van der Waals surface area contributed by atoms with Gasteiger partial charge < -0.3 is 10.6 Å². The molecule has 0 bridgehead atoms. The Kier molecular flexibility index (Phi) is 5.28. The fraction of sp³-hybridized carbons (Fsp3) is 0.0833. The zero-order valence-electron chi connectivity index (χ0n) is 17.2. The van der Waals surface area contributed by atoms with E-state index in [0.717, 1.165) is 21.3 Å². The molecule has 0 fully saturated rings. The van der Waals surface area contributed by atoms with Gasteiger partial charge in [0.05, 0.1) is 17.5 Å². The van der Waals surface area contributed by atoms with Crippen LogP contribution in [-0.4, -0.2) is 25.7 Å². The number of carbonyl (C=O) groups excluding carboxylic acids is 1. The van der Waals surface area contributed by atoms with Gasteiger partial charge in [-0.15, -0.1) is 5.10 Å². The van der Waals surface area contributed by atoms with Crippen molar-refractivity contribution < 1.29 is 4.79 Å². The number of carbonyl (C=O) groups is 1. The molecular formula is C24H19BrN6O. The molecule has 5 rings (SSSR count). The van der Waals surface area contributed by atoms with E-state index in [4.69, 9.17) is 10.1 Å². The first-order valence-electron chi connectivity index (χ1n) is 10.1. The topological polar surface area (TPSA) is 84.7 Å². The molecule has 1 aliphatic rings. The highest BCUT2D eigenvalue weighted by Gasteiger charge is 2.34. The fourth-order valence-corrected chi connectivity index (χ4v) is 4.19. The molecule has 0 saturated heterocycles. The fourth-order valence-electron chi connectivity index (χ4n) is 3.77. The van der Waals surface area contributed by atoms with Crippen LogP contribution in [0.25, 0.3) is 11.4 Å². The molecule has 1 aliphatic heterocycles. The van der Waals surface area contributed by atoms with Gasteiger partial charge in [-0.25, -0.2) is 4.68 Å². The number of hydrogen-bond donors (Lipinski definition) is 2. The molecule has 1 amide bonds. The van der Waals surface area contributed by atoms with Crippen LogP contribution in [0, 0.1) is 0 Å². The first-order chi connectivity index (χ1) is 15.6. The first kappa shape index (κ1) is 20.1. The van der Waals surface area contributed by atoms with Crippen molar-refractivity contribution in [1.29, 1.82) is 0 Å². The van der Waals surface area contributed by atoms with E-state index in [1.54, 1.807) is 29.2 Å². The van der Waals surface area contributed by atoms with Crippen LogP contribution in [0.4, 0.5) is 11.6 Å². The van der Waals surface area contributed by atoms with Gasteiger partial charge in [0.25, 0.3) is 5.91 Å². The van der Waals surface area contributed by atoms with Gasteiger partial charge in [0.2, 0.25) is 5.95 Å². The summed E-state index contributed by atoms with van der Waals surface area (Å²) in [5, 5.41) is 11.0. The molecule has 0 saturated carbocycles. The SMILES string of the molecule is CC1=C(C(=O)Nc2cccnc2)[C@H](c2cccc(Br)c2)n2nc(-c3ccccc3)nc2N1. The molecule has 0 aliphatic carbocycles. The molecule has 8 heteroatoms. The minimum absolute atomic E-state index is 0.226. The summed E-state index contributed by atoms with van der Waals surface area (Å²) >= 11 is 3.55. The second kappa shape index (κ2) is 8.39. The van der Waals surface area contributed by atoms with Crippen molar-refractivity contribution in [3.63, 3.8) is 0 Å². The molecule has 2 aromatic heterocycles. The Labute approximate surface area is 193 Å². The Hall–Kier alpha value is -3.78. The van der Waals surface area contributed by atoms with E-state index >= 15 is 0 Å². The zero-order chi connectivity index (χ0) is 22.1. The molecule has 0 unspecified atom stereocenters. The number of allylic oxidation sites excluding steroid dienone is 1. The number of benzene rings is 2. The third kappa shape index (κ3) is 3.80. The van der Waals surface area contributed by atoms with Crippen LogP contribution in [0.5, 0.6) is 0 Å². The van der Waals surface area contributed by atoms with E-state index in [9.17, 15) is 4.79 Å². The summed E-state index contributed by atoms with van der Waals surface area (Å²) in [5.41, 5.74) is 3.73. The summed E-state index contributed by atoms with van der Waals surface area (Å²) in [5.74, 6) is 0.953. The standard InChI is InChI=1S/C24H19BrN6O/c1-15-20(23(32)28-19-11-6-12-26-14-19)21(17-9-5-10-18(25)13-17)31-24(27-15)29-22(30-31)16-7-3-2-4-8-16/h2-14,21H,1H3,(H,28,32)(H,27,29,30)/t21-/m0/s1. The Balaban J connectivity index is 1.62. The van der Waals surface area contributed by atoms with Gasteiger partial charge in [-0.3, -0.25) is 9.78 Å². The highest BCUT2D eigenvalue weighted by Crippen LogP contribution is 2.37. The average Bonchev–Trinajstić information content (AvgIpc) is 3.23. The lowest BCUT2D eigenvalue weighted by Gasteiger charge is -2.28. The molecule has 2 N–H and O–H groups in total. The summed E-state index contributed by atoms with van der Waals surface area (Å²) in [6, 6.07) is 20.8. The Morgan fingerprint density at radius 2 is 1.94 bits per heavy atom. The van der Waals surface area contributed by atoms with Gasteiger partial charge in [0.1, 0.15) is 6.04 Å². The van der Waals surface area contributed by atoms with Crippen molar-refractivity contribution >= 4 is 33.5 Å². The molecule has 3 heterocycles. The zero-order valence-corrected chi connectivity index (χ0v) is 18.7. The van der Waals surface area contributed by atoms with Gasteiger partial charge in [-0.1, -0.05) is 58.4 Å². The predicted molar refractivity (Wildman–Crippen MR) is 127 cm³/mol. The van der Waals surface area contributed by atoms with Crippen LogP contribution >= 0.6 is 15.9 Å². The van der Waals surface area contributed by atoms with Crippen molar-refractivity contribution in [2.24, 2.45) is 0 Å². The second-order valence-electron chi connectivity index (χ2n) is 7.39. The molecule has 158 valence electrons. The van der Waals surface area contributed by atoms with Crippen LogP contribution in [0.1, 0.15) is 18.5 Å². The van der Waals surface area contributed by atoms with Crippen LogP contribution in [0.2, 0.25) is 0 Å². The quantitative estimate of drug-likeness (QED) is 0.422. The lowest BCUT2D eigenvalue weighted by Crippen LogP contribution is -2.31. The van der Waals surface area contributed by atoms with Crippen LogP contribution in [0.15, 0.2) is 94.9 Å². The number of nitrogens with one attached hydrogen (secondary N) is 2. The molecule has 4 aromatic rings. The molecule has 32 heavy (non-hydrogen) atoms. The molecule has 7 nitrogen and oxygen atoms in total. The number of anilines is 2. The van der Waals surface area contributed by atoms with Crippen molar-refractivity contribution in [3.8, 4) is 11.4 Å². The van der Waals surface area contributed by atoms with Crippen molar-refractivity contribution in [3.05, 3.63) is 100 Å². The van der Waals surface area contributed by atoms with E-state index in [2.05, 4.69) is 31.5 Å². The van der Waals surface area contributed by atoms with E-state index < -0.39 is 6.04 Å². The van der Waals surface area contributed by atoms with E-state index in [1.165, 1.54) is 0 Å². The number of nitrogens with zero attached hydrogens (tertiary/aromatic N) is 4. The third-order valence-electron chi connectivity index (χ3n) is 5.21. The Morgan fingerprint density at radius 1 is 1.09 bits per heavy atom. The lowest BCUT2D eigenvalue weighted by atomic mass is 9.95. The molecular weight excluding hydrogens is 468 g/mol. The van der Waals surface area contributed by atoms with Gasteiger partial charge in [-0.2, -0.15) is 4.98 Å². The maximum Gasteiger partial charge on any atom is 0.255 e. The van der Waals surface area contributed by atoms with Gasteiger partial charge in [-0.05, 0) is 36.8 Å². The summed E-state index contributed by atoms with van der Waals surface area (Å²) in [6.07, 6.45) is 3.28. The minimum atomic E-state index is -0.453. The van der Waals surface area contributed by atoms with E-state index in [0.29, 0.717) is 23.0 Å². The Morgan fingerprint density at radius 3 is 2.69 bits per heavy atom. The largest absolute Gasteiger partial charge is 0.328 e. The summed E-state index contributed by atoms with van der Waals surface area (Å²) in [6.45, 7) is 1.88. The summed E-state index contributed by atoms with van der Waals surface area (Å²) in [7, 11) is 0. The van der Waals surface area contributed by atoms with Crippen molar-refractivity contribution in [2.75, 3.05) is 10.6 Å². The van der Waals surface area contributed by atoms with Crippen LogP contribution in [-0.2, 0) is 4.79 Å². The monoisotopic (exact) mass is 486 g/mol. The van der Waals surface area contributed by atoms with Gasteiger partial charge in [0.15, 0.2) is 5.82 Å². The van der Waals surface area contributed by atoms with E-state index in [-0.39, 0.29) is 5.91 Å². The van der Waals surface area contributed by atoms with Gasteiger partial charge >= 0.3 is 0 Å². The van der Waals surface area contributed by atoms with Crippen molar-refractivity contribution in [1.82, 2.24) is 19.7 Å². The number of fused-ring (bicyclic) bond motifs is 1. The third-order valence-corrected chi connectivity index (χ3v) is 5.71. The first-order valence-corrected chi connectivity index (χ1v) is 10.9. The lowest BCUT2D eigenvalue weighted by molar-refractivity contribution is -0.113. The smallest absolute Gasteiger partial charge is 0.255 e. The maximum absolute atomic E-state index is 13.4. The number of aromatic nitrogens is 4. The highest BCUT2D eigenvalue weighted by atomic mass is 79.9. The highest BCUT2D eigenvalue weighted by molar-refractivity contribution is 9.10. The molecule has 2 aromatic carbocycles. The number of halogens is 1. The van der Waals surface area contributed by atoms with Gasteiger partial charge in [0, 0.05) is 21.9 Å². The number of hydrogen-bond acceptors (Lipinski definition) is 5. The maximum atomic E-state index is 13.4. The van der Waals surface area contributed by atoms with E-state index in [1.807, 2.05) is 61.5 Å². The summed E-state index contributed by atoms with van der Waals surface area (Å²) < 4.78 is 2.69. The summed E-state index contributed by atoms with van der Waals surface area (Å²) in [4.78, 5) is 22.2. The minimum Gasteiger partial charge on any atom is -0.328 e. The normalized spacial score (nSPS) is 15.1. The molecule has 1 atom stereocenters. The molecule has 0 radical (unpaired) electrons. The van der Waals surface area contributed by atoms with Crippen molar-refractivity contribution in [2.45, 2.75) is 13.0 Å². The number of rotatable bonds is 4. The van der Waals surface area contributed by atoms with Crippen LogP contribution in [0.3, 0.4) is 0 Å². The number of pyridine rings is 1. The molecule has 0 spiro atoms. The average molecular weight is 487 g/mol. The predicted octanol–water partition coefficient (Wildman–Crippen LogP) is 5.03. The second-order valence-corrected chi connectivity index (χ2v) is 8.30. The Bertz CT molecular complexity index is 1320.